The number of hydrogen-bond acceptors (Lipinski definition) is 2. The zero-order valence-electron chi connectivity index (χ0n) is 8.79. The van der Waals surface area contributed by atoms with Crippen LogP contribution >= 0.6 is 0 Å². The number of nitrogens with zero attached hydrogens (tertiary/aromatic N) is 1. The van der Waals surface area contributed by atoms with Crippen LogP contribution in [0.15, 0.2) is 18.3 Å². The first-order valence-corrected chi connectivity index (χ1v) is 5.46. The maximum absolute atomic E-state index is 5.85. The van der Waals surface area contributed by atoms with Gasteiger partial charge in [0.15, 0.2) is 0 Å². The van der Waals surface area contributed by atoms with Gasteiger partial charge in [-0.15, -0.1) is 0 Å². The first kappa shape index (κ1) is 9.66. The Labute approximate surface area is 85.5 Å². The predicted octanol–water partition coefficient (Wildman–Crippen LogP) is 2.02. The number of hydrogen-bond donors (Lipinski definition) is 1. The lowest BCUT2D eigenvalue weighted by atomic mass is 9.66. The molecule has 0 bridgehead atoms. The van der Waals surface area contributed by atoms with Crippen LogP contribution in [0.5, 0.6) is 0 Å². The number of aromatic nitrogens is 1. The Morgan fingerprint density at radius 1 is 1.50 bits per heavy atom. The molecule has 1 aliphatic carbocycles. The standard InChI is InChI=1S/C12H18N2/c1-2-10-4-7-14-11(8-10)12(9-13)5-3-6-12/h4,7-8H,2-3,5-6,9,13H2,1H3. The average molecular weight is 190 g/mol. The maximum Gasteiger partial charge on any atom is 0.0480 e. The lowest BCUT2D eigenvalue weighted by Gasteiger charge is -2.40. The van der Waals surface area contributed by atoms with Crippen LogP contribution in [0.1, 0.15) is 37.4 Å². The van der Waals surface area contributed by atoms with Crippen molar-refractivity contribution in [2.45, 2.75) is 38.0 Å². The highest BCUT2D eigenvalue weighted by atomic mass is 14.8. The Morgan fingerprint density at radius 3 is 2.79 bits per heavy atom. The van der Waals surface area contributed by atoms with E-state index in [1.54, 1.807) is 0 Å². The molecule has 2 heteroatoms. The molecule has 1 aromatic rings. The quantitative estimate of drug-likeness (QED) is 0.792. The SMILES string of the molecule is CCc1ccnc(C2(CN)CCC2)c1. The fourth-order valence-corrected chi connectivity index (χ4v) is 2.15. The third kappa shape index (κ3) is 1.44. The summed E-state index contributed by atoms with van der Waals surface area (Å²) in [6.45, 7) is 2.92. The first-order chi connectivity index (χ1) is 6.80. The summed E-state index contributed by atoms with van der Waals surface area (Å²) in [6.07, 6.45) is 6.72. The molecular weight excluding hydrogens is 172 g/mol. The zero-order valence-corrected chi connectivity index (χ0v) is 8.79. The molecule has 14 heavy (non-hydrogen) atoms. The Hall–Kier alpha value is -0.890. The van der Waals surface area contributed by atoms with Crippen LogP contribution in [0.2, 0.25) is 0 Å². The summed E-state index contributed by atoms with van der Waals surface area (Å²) in [4.78, 5) is 4.47. The van der Waals surface area contributed by atoms with Gasteiger partial charge in [-0.2, -0.15) is 0 Å². The summed E-state index contributed by atoms with van der Waals surface area (Å²) >= 11 is 0. The van der Waals surface area contributed by atoms with Gasteiger partial charge in [-0.05, 0) is 37.0 Å². The van der Waals surface area contributed by atoms with E-state index in [0.717, 1.165) is 13.0 Å². The van der Waals surface area contributed by atoms with E-state index in [1.165, 1.54) is 30.5 Å². The van der Waals surface area contributed by atoms with E-state index in [2.05, 4.69) is 24.0 Å². The van der Waals surface area contributed by atoms with E-state index in [-0.39, 0.29) is 5.41 Å². The Kier molecular flexibility index (Phi) is 2.55. The van der Waals surface area contributed by atoms with Gasteiger partial charge in [-0.3, -0.25) is 4.98 Å². The molecule has 1 saturated carbocycles. The van der Waals surface area contributed by atoms with Crippen molar-refractivity contribution in [1.29, 1.82) is 0 Å². The molecule has 2 rings (SSSR count). The molecule has 0 aromatic carbocycles. The molecule has 0 amide bonds. The van der Waals surface area contributed by atoms with E-state index >= 15 is 0 Å². The molecule has 1 heterocycles. The fourth-order valence-electron chi connectivity index (χ4n) is 2.15. The second-order valence-corrected chi connectivity index (χ2v) is 4.24. The summed E-state index contributed by atoms with van der Waals surface area (Å²) in [5.41, 5.74) is 8.65. The normalized spacial score (nSPS) is 19.0. The zero-order chi connectivity index (χ0) is 10.0. The number of aryl methyl sites for hydroxylation is 1. The van der Waals surface area contributed by atoms with Gasteiger partial charge in [0.05, 0.1) is 0 Å². The van der Waals surface area contributed by atoms with E-state index in [0.29, 0.717) is 0 Å². The average Bonchev–Trinajstić information content (AvgIpc) is 2.18. The number of rotatable bonds is 3. The van der Waals surface area contributed by atoms with Crippen LogP contribution in [-0.4, -0.2) is 11.5 Å². The highest BCUT2D eigenvalue weighted by Gasteiger charge is 2.38. The maximum atomic E-state index is 5.85. The van der Waals surface area contributed by atoms with Gasteiger partial charge in [0.1, 0.15) is 0 Å². The van der Waals surface area contributed by atoms with Gasteiger partial charge in [-0.25, -0.2) is 0 Å². The Bertz CT molecular complexity index is 310. The van der Waals surface area contributed by atoms with Crippen LogP contribution in [0.4, 0.5) is 0 Å². The van der Waals surface area contributed by atoms with Crippen molar-refractivity contribution in [1.82, 2.24) is 4.98 Å². The summed E-state index contributed by atoms with van der Waals surface area (Å²) in [5.74, 6) is 0. The monoisotopic (exact) mass is 190 g/mol. The molecule has 0 aliphatic heterocycles. The lowest BCUT2D eigenvalue weighted by molar-refractivity contribution is 0.245. The summed E-state index contributed by atoms with van der Waals surface area (Å²) in [7, 11) is 0. The van der Waals surface area contributed by atoms with E-state index < -0.39 is 0 Å². The summed E-state index contributed by atoms with van der Waals surface area (Å²) < 4.78 is 0. The minimum Gasteiger partial charge on any atom is -0.330 e. The first-order valence-electron chi connectivity index (χ1n) is 5.46. The molecule has 2 nitrogen and oxygen atoms in total. The largest absolute Gasteiger partial charge is 0.330 e. The van der Waals surface area contributed by atoms with E-state index in [1.807, 2.05) is 6.20 Å². The second-order valence-electron chi connectivity index (χ2n) is 4.24. The molecule has 2 N–H and O–H groups in total. The molecule has 0 spiro atoms. The molecule has 0 radical (unpaired) electrons. The predicted molar refractivity (Wildman–Crippen MR) is 58.2 cm³/mol. The van der Waals surface area contributed by atoms with Crippen LogP contribution < -0.4 is 5.73 Å². The van der Waals surface area contributed by atoms with Gasteiger partial charge in [0.2, 0.25) is 0 Å². The Balaban J connectivity index is 2.30. The fraction of sp³-hybridized carbons (Fsp3) is 0.583. The van der Waals surface area contributed by atoms with Crippen LogP contribution in [0, 0.1) is 0 Å². The highest BCUT2D eigenvalue weighted by Crippen LogP contribution is 2.41. The van der Waals surface area contributed by atoms with Crippen molar-refractivity contribution in [3.05, 3.63) is 29.6 Å². The van der Waals surface area contributed by atoms with Crippen LogP contribution in [-0.2, 0) is 11.8 Å². The number of pyridine rings is 1. The van der Waals surface area contributed by atoms with Gasteiger partial charge in [-0.1, -0.05) is 13.3 Å². The van der Waals surface area contributed by atoms with Crippen molar-refractivity contribution in [2.24, 2.45) is 5.73 Å². The van der Waals surface area contributed by atoms with Crippen LogP contribution in [0.25, 0.3) is 0 Å². The molecule has 76 valence electrons. The van der Waals surface area contributed by atoms with Crippen molar-refractivity contribution >= 4 is 0 Å². The van der Waals surface area contributed by atoms with Crippen molar-refractivity contribution in [2.75, 3.05) is 6.54 Å². The number of nitrogens with two attached hydrogens (primary N) is 1. The van der Waals surface area contributed by atoms with Crippen LogP contribution in [0.3, 0.4) is 0 Å². The Morgan fingerprint density at radius 2 is 2.29 bits per heavy atom. The van der Waals surface area contributed by atoms with Gasteiger partial charge < -0.3 is 5.73 Å². The minimum absolute atomic E-state index is 0.213. The lowest BCUT2D eigenvalue weighted by Crippen LogP contribution is -2.42. The molecule has 0 saturated heterocycles. The van der Waals surface area contributed by atoms with Crippen molar-refractivity contribution in [3.8, 4) is 0 Å². The topological polar surface area (TPSA) is 38.9 Å². The van der Waals surface area contributed by atoms with Gasteiger partial charge in [0.25, 0.3) is 0 Å². The molecule has 0 atom stereocenters. The smallest absolute Gasteiger partial charge is 0.0480 e. The van der Waals surface area contributed by atoms with E-state index in [4.69, 9.17) is 5.73 Å². The molecule has 1 aliphatic rings. The molecule has 1 aromatic heterocycles. The summed E-state index contributed by atoms with van der Waals surface area (Å²) in [6, 6.07) is 4.32. The molecular formula is C12H18N2. The van der Waals surface area contributed by atoms with Crippen molar-refractivity contribution in [3.63, 3.8) is 0 Å². The van der Waals surface area contributed by atoms with Gasteiger partial charge in [0, 0.05) is 23.9 Å². The molecule has 0 unspecified atom stereocenters. The minimum atomic E-state index is 0.213. The van der Waals surface area contributed by atoms with Crippen molar-refractivity contribution < 1.29 is 0 Å². The third-order valence-corrected chi connectivity index (χ3v) is 3.48. The summed E-state index contributed by atoms with van der Waals surface area (Å²) in [5, 5.41) is 0. The second kappa shape index (κ2) is 3.70. The van der Waals surface area contributed by atoms with Gasteiger partial charge >= 0.3 is 0 Å². The molecule has 1 fully saturated rings. The van der Waals surface area contributed by atoms with E-state index in [9.17, 15) is 0 Å². The third-order valence-electron chi connectivity index (χ3n) is 3.48. The highest BCUT2D eigenvalue weighted by molar-refractivity contribution is 5.26.